The molecule has 0 bridgehead atoms. The molecule has 3 unspecified atom stereocenters. The zero-order chi connectivity index (χ0) is 16.4. The van der Waals surface area contributed by atoms with Gasteiger partial charge in [-0.15, -0.1) is 11.3 Å². The molecule has 0 saturated carbocycles. The molecular formula is C17H21N5OS. The van der Waals surface area contributed by atoms with Gasteiger partial charge in [0.05, 0.1) is 0 Å². The van der Waals surface area contributed by atoms with Crippen LogP contribution in [-0.4, -0.2) is 36.1 Å². The Morgan fingerprint density at radius 2 is 2.17 bits per heavy atom. The van der Waals surface area contributed by atoms with E-state index in [4.69, 9.17) is 0 Å². The average molecular weight is 343 g/mol. The summed E-state index contributed by atoms with van der Waals surface area (Å²) in [5.74, 6) is 0.0759. The Morgan fingerprint density at radius 3 is 2.96 bits per heavy atom. The van der Waals surface area contributed by atoms with Gasteiger partial charge < -0.3 is 10.2 Å². The maximum Gasteiger partial charge on any atom is 0.238 e. The minimum Gasteiger partial charge on any atom is -0.350 e. The van der Waals surface area contributed by atoms with E-state index in [2.05, 4.69) is 38.2 Å². The van der Waals surface area contributed by atoms with Gasteiger partial charge in [-0.05, 0) is 18.4 Å². The van der Waals surface area contributed by atoms with Crippen molar-refractivity contribution in [3.05, 3.63) is 47.5 Å². The molecule has 3 N–H and O–H groups in total. The fourth-order valence-electron chi connectivity index (χ4n) is 3.36. The molecule has 2 aromatic rings. The van der Waals surface area contributed by atoms with Gasteiger partial charge >= 0.3 is 0 Å². The summed E-state index contributed by atoms with van der Waals surface area (Å²) in [6.45, 7) is 1.78. The number of benzene rings is 1. The molecule has 0 spiro atoms. The number of amides is 1. The van der Waals surface area contributed by atoms with Gasteiger partial charge in [0.15, 0.2) is 5.13 Å². The van der Waals surface area contributed by atoms with Crippen molar-refractivity contribution in [3.8, 4) is 0 Å². The van der Waals surface area contributed by atoms with Crippen LogP contribution >= 0.6 is 11.3 Å². The SMILES string of the molecule is O=C(NC1CCN(c2nccs2)C1)C1CC(c2ccccc2)NN1. The Labute approximate surface area is 145 Å². The molecule has 1 aromatic heterocycles. The van der Waals surface area contributed by atoms with E-state index >= 15 is 0 Å². The van der Waals surface area contributed by atoms with E-state index < -0.39 is 0 Å². The van der Waals surface area contributed by atoms with Gasteiger partial charge in [-0.1, -0.05) is 30.3 Å². The van der Waals surface area contributed by atoms with Crippen LogP contribution in [0.2, 0.25) is 0 Å². The van der Waals surface area contributed by atoms with Gasteiger partial charge in [0.2, 0.25) is 5.91 Å². The molecule has 4 rings (SSSR count). The molecule has 0 aliphatic carbocycles. The van der Waals surface area contributed by atoms with E-state index in [0.717, 1.165) is 31.1 Å². The molecule has 24 heavy (non-hydrogen) atoms. The number of thiazole rings is 1. The fraction of sp³-hybridized carbons (Fsp3) is 0.412. The van der Waals surface area contributed by atoms with Crippen LogP contribution in [0.4, 0.5) is 5.13 Å². The Kier molecular flexibility index (Phi) is 4.46. The van der Waals surface area contributed by atoms with Crippen LogP contribution in [0.5, 0.6) is 0 Å². The number of anilines is 1. The Morgan fingerprint density at radius 1 is 1.29 bits per heavy atom. The third kappa shape index (κ3) is 3.28. The van der Waals surface area contributed by atoms with Crippen LogP contribution < -0.4 is 21.1 Å². The molecule has 2 saturated heterocycles. The lowest BCUT2D eigenvalue weighted by molar-refractivity contribution is -0.123. The predicted octanol–water partition coefficient (Wildman–Crippen LogP) is 1.45. The van der Waals surface area contributed by atoms with Gasteiger partial charge in [0.1, 0.15) is 6.04 Å². The van der Waals surface area contributed by atoms with Crippen LogP contribution in [0.25, 0.3) is 0 Å². The highest BCUT2D eigenvalue weighted by molar-refractivity contribution is 7.13. The summed E-state index contributed by atoms with van der Waals surface area (Å²) in [4.78, 5) is 19.1. The summed E-state index contributed by atoms with van der Waals surface area (Å²) in [5, 5.41) is 6.20. The summed E-state index contributed by atoms with van der Waals surface area (Å²) in [6, 6.07) is 10.4. The Balaban J connectivity index is 1.30. The van der Waals surface area contributed by atoms with Crippen LogP contribution in [-0.2, 0) is 4.79 Å². The first kappa shape index (κ1) is 15.6. The summed E-state index contributed by atoms with van der Waals surface area (Å²) in [7, 11) is 0. The maximum absolute atomic E-state index is 12.5. The minimum absolute atomic E-state index is 0.0759. The standard InChI is InChI=1S/C17H21N5OS/c23-16(15-10-14(20-21-15)12-4-2-1-3-5-12)19-13-6-8-22(11-13)17-18-7-9-24-17/h1-5,7,9,13-15,20-21H,6,8,10-11H2,(H,19,23). The molecule has 3 atom stereocenters. The molecule has 7 heteroatoms. The minimum atomic E-state index is -0.191. The van der Waals surface area contributed by atoms with Crippen LogP contribution in [0, 0.1) is 0 Å². The summed E-state index contributed by atoms with van der Waals surface area (Å²) in [5.41, 5.74) is 7.57. The number of carbonyl (C=O) groups is 1. The van der Waals surface area contributed by atoms with Crippen LogP contribution in [0.1, 0.15) is 24.4 Å². The van der Waals surface area contributed by atoms with E-state index in [-0.39, 0.29) is 24.0 Å². The second-order valence-electron chi connectivity index (χ2n) is 6.30. The summed E-state index contributed by atoms with van der Waals surface area (Å²) < 4.78 is 0. The zero-order valence-corrected chi connectivity index (χ0v) is 14.1. The van der Waals surface area contributed by atoms with E-state index in [1.54, 1.807) is 11.3 Å². The number of hydrazine groups is 1. The molecule has 0 radical (unpaired) electrons. The molecule has 2 fully saturated rings. The lowest BCUT2D eigenvalue weighted by Crippen LogP contribution is -2.47. The van der Waals surface area contributed by atoms with E-state index in [1.165, 1.54) is 5.56 Å². The van der Waals surface area contributed by atoms with Gasteiger partial charge in [0, 0.05) is 36.8 Å². The van der Waals surface area contributed by atoms with E-state index in [9.17, 15) is 4.79 Å². The van der Waals surface area contributed by atoms with Gasteiger partial charge in [-0.25, -0.2) is 15.8 Å². The molecular weight excluding hydrogens is 322 g/mol. The van der Waals surface area contributed by atoms with Crippen molar-refractivity contribution in [1.29, 1.82) is 0 Å². The molecule has 2 aliphatic rings. The second kappa shape index (κ2) is 6.88. The first-order valence-corrected chi connectivity index (χ1v) is 9.18. The third-order valence-corrected chi connectivity index (χ3v) is 5.48. The largest absolute Gasteiger partial charge is 0.350 e. The predicted molar refractivity (Wildman–Crippen MR) is 94.7 cm³/mol. The maximum atomic E-state index is 12.5. The molecule has 3 heterocycles. The van der Waals surface area contributed by atoms with E-state index in [1.807, 2.05) is 29.8 Å². The Hall–Kier alpha value is -1.96. The summed E-state index contributed by atoms with van der Waals surface area (Å²) >= 11 is 1.64. The highest BCUT2D eigenvalue weighted by Crippen LogP contribution is 2.24. The second-order valence-corrected chi connectivity index (χ2v) is 7.17. The quantitative estimate of drug-likeness (QED) is 0.784. The third-order valence-electron chi connectivity index (χ3n) is 4.65. The summed E-state index contributed by atoms with van der Waals surface area (Å²) in [6.07, 6.45) is 3.55. The van der Waals surface area contributed by atoms with Crippen LogP contribution in [0.3, 0.4) is 0 Å². The number of hydrogen-bond donors (Lipinski definition) is 3. The molecule has 126 valence electrons. The number of nitrogens with one attached hydrogen (secondary N) is 3. The van der Waals surface area contributed by atoms with Crippen LogP contribution in [0.15, 0.2) is 41.9 Å². The first-order chi connectivity index (χ1) is 11.8. The van der Waals surface area contributed by atoms with Gasteiger partial charge in [-0.3, -0.25) is 4.79 Å². The molecule has 6 nitrogen and oxygen atoms in total. The van der Waals surface area contributed by atoms with Gasteiger partial charge in [-0.2, -0.15) is 0 Å². The van der Waals surface area contributed by atoms with Crippen molar-refractivity contribution in [2.75, 3.05) is 18.0 Å². The normalized spacial score (nSPS) is 26.7. The molecule has 1 aromatic carbocycles. The zero-order valence-electron chi connectivity index (χ0n) is 13.3. The highest BCUT2D eigenvalue weighted by Gasteiger charge is 2.32. The Bertz CT molecular complexity index is 678. The lowest BCUT2D eigenvalue weighted by Gasteiger charge is -2.17. The smallest absolute Gasteiger partial charge is 0.238 e. The number of carbonyl (C=O) groups excluding carboxylic acids is 1. The number of hydrogen-bond acceptors (Lipinski definition) is 6. The number of rotatable bonds is 4. The molecule has 1 amide bonds. The average Bonchev–Trinajstić information content (AvgIpc) is 3.36. The number of aromatic nitrogens is 1. The van der Waals surface area contributed by atoms with Crippen molar-refractivity contribution in [2.24, 2.45) is 0 Å². The van der Waals surface area contributed by atoms with Gasteiger partial charge in [0.25, 0.3) is 0 Å². The van der Waals surface area contributed by atoms with Crippen molar-refractivity contribution >= 4 is 22.4 Å². The van der Waals surface area contributed by atoms with Crippen molar-refractivity contribution in [2.45, 2.75) is 31.0 Å². The fourth-order valence-corrected chi connectivity index (χ4v) is 4.04. The van der Waals surface area contributed by atoms with Crippen molar-refractivity contribution in [3.63, 3.8) is 0 Å². The topological polar surface area (TPSA) is 69.3 Å². The lowest BCUT2D eigenvalue weighted by atomic mass is 10.0. The number of nitrogens with zero attached hydrogens (tertiary/aromatic N) is 2. The van der Waals surface area contributed by atoms with Crippen molar-refractivity contribution in [1.82, 2.24) is 21.2 Å². The monoisotopic (exact) mass is 343 g/mol. The van der Waals surface area contributed by atoms with Crippen molar-refractivity contribution < 1.29 is 4.79 Å². The van der Waals surface area contributed by atoms with E-state index in [0.29, 0.717) is 0 Å². The highest BCUT2D eigenvalue weighted by atomic mass is 32.1. The first-order valence-electron chi connectivity index (χ1n) is 8.30. The molecule has 2 aliphatic heterocycles.